The minimum Gasteiger partial charge on any atom is -0.511 e. The smallest absolute Gasteiger partial charge is 0.268 e. The zero-order chi connectivity index (χ0) is 24.8. The van der Waals surface area contributed by atoms with Crippen LogP contribution in [0.3, 0.4) is 0 Å². The molecule has 5 aromatic carbocycles. The molecule has 0 spiro atoms. The van der Waals surface area contributed by atoms with Crippen LogP contribution in [0, 0.1) is 18.7 Å². The molecule has 0 amide bonds. The molecule has 1 N–H and O–H groups in total. The van der Waals surface area contributed by atoms with Gasteiger partial charge in [-0.25, -0.2) is 0 Å². The number of hydrogen-bond acceptors (Lipinski definition) is 1. The van der Waals surface area contributed by atoms with Crippen LogP contribution >= 0.6 is 0 Å². The second-order valence-corrected chi connectivity index (χ2v) is 8.76. The number of aromatic hydroxyl groups is 1. The maximum Gasteiger partial charge on any atom is 0.268 e. The SMILES string of the molecule is Oc1ccccc1-[n+]1[c-]n(-c2[c-]c(-n3[c-][n+](-c4ccccc4)c4ccccc43)ccc2)c2ccccc21.[Pt]. The van der Waals surface area contributed by atoms with E-state index >= 15 is 0 Å². The maximum atomic E-state index is 10.5. The van der Waals surface area contributed by atoms with Crippen LogP contribution in [0.1, 0.15) is 0 Å². The molecule has 0 atom stereocenters. The fourth-order valence-electron chi connectivity index (χ4n) is 4.78. The fourth-order valence-corrected chi connectivity index (χ4v) is 4.78. The minimum atomic E-state index is 0. The van der Waals surface area contributed by atoms with Crippen molar-refractivity contribution in [3.05, 3.63) is 140 Å². The number of phenols is 1. The van der Waals surface area contributed by atoms with Gasteiger partial charge in [0.1, 0.15) is 11.4 Å². The molecule has 0 aliphatic carbocycles. The minimum absolute atomic E-state index is 0. The van der Waals surface area contributed by atoms with Gasteiger partial charge in [0.05, 0.1) is 27.8 Å². The fraction of sp³-hybridized carbons (Fsp3) is 0. The molecule has 0 aliphatic rings. The molecular weight excluding hydrogens is 651 g/mol. The Bertz CT molecular complexity index is 1910. The van der Waals surface area contributed by atoms with E-state index in [1.54, 1.807) is 6.07 Å². The molecule has 38 heavy (non-hydrogen) atoms. The van der Waals surface area contributed by atoms with Crippen LogP contribution in [0.5, 0.6) is 5.75 Å². The van der Waals surface area contributed by atoms with Crippen molar-refractivity contribution in [2.45, 2.75) is 0 Å². The molecule has 5 nitrogen and oxygen atoms in total. The van der Waals surface area contributed by atoms with Gasteiger partial charge >= 0.3 is 0 Å². The summed E-state index contributed by atoms with van der Waals surface area (Å²) in [6.07, 6.45) is 6.95. The summed E-state index contributed by atoms with van der Waals surface area (Å²) in [4.78, 5) is 0. The summed E-state index contributed by atoms with van der Waals surface area (Å²) in [6, 6.07) is 43.5. The predicted octanol–water partition coefficient (Wildman–Crippen LogP) is 5.23. The molecule has 0 saturated carbocycles. The molecule has 0 aliphatic heterocycles. The van der Waals surface area contributed by atoms with Gasteiger partial charge in [-0.15, -0.1) is 0 Å². The molecule has 2 aromatic heterocycles. The zero-order valence-corrected chi connectivity index (χ0v) is 22.4. The number of nitrogens with zero attached hydrogens (tertiary/aromatic N) is 4. The normalized spacial score (nSPS) is 11.1. The van der Waals surface area contributed by atoms with Crippen molar-refractivity contribution in [1.82, 2.24) is 9.13 Å². The van der Waals surface area contributed by atoms with E-state index < -0.39 is 0 Å². The topological polar surface area (TPSA) is 37.9 Å². The average molecular weight is 673 g/mol. The van der Waals surface area contributed by atoms with Crippen LogP contribution in [0.4, 0.5) is 0 Å². The van der Waals surface area contributed by atoms with E-state index in [0.717, 1.165) is 39.1 Å². The molecule has 6 heteroatoms. The van der Waals surface area contributed by atoms with Gasteiger partial charge in [0.15, 0.2) is 0 Å². The summed E-state index contributed by atoms with van der Waals surface area (Å²) in [6.45, 7) is 0. The van der Waals surface area contributed by atoms with E-state index in [9.17, 15) is 5.11 Å². The van der Waals surface area contributed by atoms with Crippen LogP contribution in [-0.4, -0.2) is 14.2 Å². The van der Waals surface area contributed by atoms with Gasteiger partial charge in [-0.3, -0.25) is 9.13 Å². The van der Waals surface area contributed by atoms with Crippen LogP contribution in [0.25, 0.3) is 44.8 Å². The van der Waals surface area contributed by atoms with Crippen molar-refractivity contribution in [2.75, 3.05) is 0 Å². The molecule has 7 aromatic rings. The van der Waals surface area contributed by atoms with Gasteiger partial charge in [-0.1, -0.05) is 78.9 Å². The summed E-state index contributed by atoms with van der Waals surface area (Å²) in [7, 11) is 0. The first-order valence-corrected chi connectivity index (χ1v) is 12.0. The number of rotatable bonds is 4. The summed E-state index contributed by atoms with van der Waals surface area (Å²) in [5.74, 6) is 0.197. The maximum absolute atomic E-state index is 10.5. The van der Waals surface area contributed by atoms with Gasteiger partial charge < -0.3 is 14.2 Å². The monoisotopic (exact) mass is 672 g/mol. The number of aromatic nitrogens is 4. The van der Waals surface area contributed by atoms with Crippen LogP contribution in [0.2, 0.25) is 0 Å². The van der Waals surface area contributed by atoms with Gasteiger partial charge in [0.2, 0.25) is 0 Å². The number of fused-ring (bicyclic) bond motifs is 2. The Balaban J connectivity index is 0.00000264. The molecule has 7 rings (SSSR count). The van der Waals surface area contributed by atoms with Gasteiger partial charge in [-0.2, -0.15) is 24.3 Å². The van der Waals surface area contributed by atoms with Gasteiger partial charge in [-0.05, 0) is 35.6 Å². The van der Waals surface area contributed by atoms with Crippen LogP contribution < -0.4 is 9.13 Å². The number of para-hydroxylation sites is 7. The Labute approximate surface area is 234 Å². The van der Waals surface area contributed by atoms with Crippen molar-refractivity contribution < 1.29 is 35.3 Å². The molecule has 186 valence electrons. The van der Waals surface area contributed by atoms with E-state index in [2.05, 4.69) is 47.6 Å². The molecule has 2 heterocycles. The van der Waals surface area contributed by atoms with E-state index in [4.69, 9.17) is 0 Å². The third-order valence-corrected chi connectivity index (χ3v) is 6.51. The largest absolute Gasteiger partial charge is 0.511 e. The Hall–Kier alpha value is -4.47. The Morgan fingerprint density at radius 1 is 0.526 bits per heavy atom. The number of imidazole rings is 2. The van der Waals surface area contributed by atoms with Crippen LogP contribution in [-0.2, 0) is 21.1 Å². The summed E-state index contributed by atoms with van der Waals surface area (Å²) < 4.78 is 7.96. The third-order valence-electron chi connectivity index (χ3n) is 6.51. The van der Waals surface area contributed by atoms with Crippen molar-refractivity contribution in [2.24, 2.45) is 0 Å². The number of hydrogen-bond donors (Lipinski definition) is 1. The van der Waals surface area contributed by atoms with E-state index in [-0.39, 0.29) is 26.8 Å². The van der Waals surface area contributed by atoms with Crippen molar-refractivity contribution in [3.8, 4) is 28.5 Å². The Kier molecular flexibility index (Phi) is 6.14. The standard InChI is InChI=1S/C32H21N4O.Pt/c37-32-20-9-8-19-31(32)36-23-35(29-17-6-7-18-30(29)36)26-14-10-13-25(21-26)34-22-33(24-11-2-1-3-12-24)27-15-4-5-16-28(27)34;/h1-20,37H;/q-1;. The molecule has 0 bridgehead atoms. The van der Waals surface area contributed by atoms with E-state index in [1.807, 2.05) is 105 Å². The van der Waals surface area contributed by atoms with E-state index in [1.165, 1.54) is 0 Å². The number of phenolic OH excluding ortho intramolecular Hbond substituents is 1. The van der Waals surface area contributed by atoms with Crippen LogP contribution in [0.15, 0.2) is 121 Å². The molecule has 0 radical (unpaired) electrons. The first-order chi connectivity index (χ1) is 18.3. The summed E-state index contributed by atoms with van der Waals surface area (Å²) in [5.41, 5.74) is 7.39. The number of benzene rings is 5. The first-order valence-electron chi connectivity index (χ1n) is 12.0. The quantitative estimate of drug-likeness (QED) is 0.202. The first kappa shape index (κ1) is 23.9. The molecule has 0 fully saturated rings. The zero-order valence-electron chi connectivity index (χ0n) is 20.1. The molecular formula is C32H21N4OPt-. The average Bonchev–Trinajstić information content (AvgIpc) is 3.54. The second-order valence-electron chi connectivity index (χ2n) is 8.76. The Morgan fingerprint density at radius 3 is 1.71 bits per heavy atom. The molecule has 0 unspecified atom stereocenters. The van der Waals surface area contributed by atoms with E-state index in [0.29, 0.717) is 5.69 Å². The van der Waals surface area contributed by atoms with Gasteiger partial charge in [0.25, 0.3) is 12.7 Å². The summed E-state index contributed by atoms with van der Waals surface area (Å²) in [5, 5.41) is 10.5. The van der Waals surface area contributed by atoms with Crippen molar-refractivity contribution in [1.29, 1.82) is 0 Å². The second kappa shape index (κ2) is 9.77. The van der Waals surface area contributed by atoms with Crippen molar-refractivity contribution in [3.63, 3.8) is 0 Å². The molecule has 0 saturated heterocycles. The third kappa shape index (κ3) is 3.92. The van der Waals surface area contributed by atoms with Crippen molar-refractivity contribution >= 4 is 22.1 Å². The summed E-state index contributed by atoms with van der Waals surface area (Å²) >= 11 is 0. The predicted molar refractivity (Wildman–Crippen MR) is 141 cm³/mol. The van der Waals surface area contributed by atoms with Gasteiger partial charge in [0, 0.05) is 21.1 Å². The Morgan fingerprint density at radius 2 is 1.05 bits per heavy atom.